The topological polar surface area (TPSA) is 80.4 Å². The van der Waals surface area contributed by atoms with Crippen molar-refractivity contribution >= 4 is 11.7 Å². The highest BCUT2D eigenvalue weighted by atomic mass is 16.3. The van der Waals surface area contributed by atoms with Gasteiger partial charge in [0.1, 0.15) is 6.10 Å². The molecule has 0 radical (unpaired) electrons. The molecule has 1 amide bonds. The summed E-state index contributed by atoms with van der Waals surface area (Å²) in [6.45, 7) is 0. The minimum Gasteiger partial charge on any atom is -0.381 e. The highest BCUT2D eigenvalue weighted by Crippen LogP contribution is 2.15. The molecular weight excluding hydrogens is 170 g/mol. The molecule has 2 atom stereocenters. The summed E-state index contributed by atoms with van der Waals surface area (Å²) in [7, 11) is 0. The first-order valence-corrected chi connectivity index (χ1v) is 3.96. The number of aliphatic hydroxyl groups excluding tert-OH is 1. The van der Waals surface area contributed by atoms with Crippen LogP contribution in [0.1, 0.15) is 6.42 Å². The summed E-state index contributed by atoms with van der Waals surface area (Å²) in [5.41, 5.74) is 4.89. The summed E-state index contributed by atoms with van der Waals surface area (Å²) in [4.78, 5) is 21.4. The van der Waals surface area contributed by atoms with Gasteiger partial charge in [-0.05, 0) is 6.08 Å². The van der Waals surface area contributed by atoms with E-state index in [4.69, 9.17) is 10.8 Å². The van der Waals surface area contributed by atoms with Gasteiger partial charge in [0, 0.05) is 12.3 Å². The fourth-order valence-electron chi connectivity index (χ4n) is 1.13. The van der Waals surface area contributed by atoms with Crippen molar-refractivity contribution in [2.75, 3.05) is 0 Å². The molecule has 4 nitrogen and oxygen atoms in total. The Balaban J connectivity index is 2.60. The molecule has 0 fully saturated rings. The number of primary amides is 1. The molecule has 0 aliphatic heterocycles. The largest absolute Gasteiger partial charge is 0.381 e. The number of amides is 1. The number of Topliss-reactive ketones (excluding diaryl/α,β-unsaturated/α-hetero) is 1. The average Bonchev–Trinajstić information content (AvgIpc) is 2.07. The Hall–Kier alpha value is -1.42. The summed E-state index contributed by atoms with van der Waals surface area (Å²) in [5.74, 6) is -0.892. The van der Waals surface area contributed by atoms with Crippen molar-refractivity contribution in [2.45, 2.75) is 12.5 Å². The smallest absolute Gasteiger partial charge is 0.241 e. The van der Waals surface area contributed by atoms with E-state index in [1.807, 2.05) is 0 Å². The molecule has 0 aromatic carbocycles. The fraction of sp³-hybridized carbons (Fsp3) is 0.333. The lowest BCUT2D eigenvalue weighted by Crippen LogP contribution is -2.24. The second-order valence-corrected chi connectivity index (χ2v) is 2.93. The first kappa shape index (κ1) is 9.67. The first-order valence-electron chi connectivity index (χ1n) is 3.96. The zero-order valence-corrected chi connectivity index (χ0v) is 7.01. The number of allylic oxidation sites excluding steroid dienone is 2. The summed E-state index contributed by atoms with van der Waals surface area (Å²) in [6.07, 6.45) is 5.12. The second-order valence-electron chi connectivity index (χ2n) is 2.93. The van der Waals surface area contributed by atoms with Gasteiger partial charge in [0.2, 0.25) is 5.91 Å². The molecule has 0 bridgehead atoms. The summed E-state index contributed by atoms with van der Waals surface area (Å²) in [5, 5.41) is 9.02. The van der Waals surface area contributed by atoms with E-state index in [0.717, 1.165) is 0 Å². The highest BCUT2D eigenvalue weighted by molar-refractivity contribution is 5.88. The van der Waals surface area contributed by atoms with Gasteiger partial charge in [0.25, 0.3) is 0 Å². The van der Waals surface area contributed by atoms with Crippen LogP contribution in [0.4, 0.5) is 0 Å². The normalized spacial score (nSPS) is 28.2. The van der Waals surface area contributed by atoms with E-state index >= 15 is 0 Å². The molecule has 1 aliphatic carbocycles. The van der Waals surface area contributed by atoms with Crippen LogP contribution in [0.15, 0.2) is 24.3 Å². The van der Waals surface area contributed by atoms with Crippen LogP contribution >= 0.6 is 0 Å². The molecule has 13 heavy (non-hydrogen) atoms. The molecule has 0 spiro atoms. The van der Waals surface area contributed by atoms with Crippen molar-refractivity contribution in [1.82, 2.24) is 0 Å². The van der Waals surface area contributed by atoms with E-state index in [-0.39, 0.29) is 18.1 Å². The Kier molecular flexibility index (Phi) is 2.97. The van der Waals surface area contributed by atoms with Gasteiger partial charge in [0.15, 0.2) is 5.78 Å². The molecule has 1 rings (SSSR count). The Labute approximate surface area is 75.7 Å². The third-order valence-electron chi connectivity index (χ3n) is 1.82. The molecule has 70 valence electrons. The Bertz CT molecular complexity index is 281. The van der Waals surface area contributed by atoms with Crippen molar-refractivity contribution in [2.24, 2.45) is 11.7 Å². The van der Waals surface area contributed by atoms with E-state index in [1.54, 1.807) is 12.2 Å². The molecular formula is C9H11NO3. The van der Waals surface area contributed by atoms with Gasteiger partial charge in [-0.2, -0.15) is 0 Å². The number of ketones is 1. The van der Waals surface area contributed by atoms with Gasteiger partial charge in [-0.25, -0.2) is 0 Å². The first-order chi connectivity index (χ1) is 6.09. The van der Waals surface area contributed by atoms with Crippen LogP contribution in [0.5, 0.6) is 0 Å². The maximum absolute atomic E-state index is 11.0. The van der Waals surface area contributed by atoms with Crippen molar-refractivity contribution < 1.29 is 14.7 Å². The number of nitrogens with two attached hydrogens (primary N) is 1. The Morgan fingerprint density at radius 1 is 1.62 bits per heavy atom. The van der Waals surface area contributed by atoms with Crippen LogP contribution in [0.2, 0.25) is 0 Å². The predicted molar refractivity (Wildman–Crippen MR) is 46.6 cm³/mol. The maximum Gasteiger partial charge on any atom is 0.241 e. The second kappa shape index (κ2) is 4.00. The van der Waals surface area contributed by atoms with Gasteiger partial charge in [-0.1, -0.05) is 18.2 Å². The molecule has 3 N–H and O–H groups in total. The number of hydrogen-bond donors (Lipinski definition) is 2. The lowest BCUT2D eigenvalue weighted by Gasteiger charge is -2.14. The van der Waals surface area contributed by atoms with Crippen molar-refractivity contribution in [3.63, 3.8) is 0 Å². The van der Waals surface area contributed by atoms with Gasteiger partial charge >= 0.3 is 0 Å². The molecule has 0 aromatic rings. The van der Waals surface area contributed by atoms with E-state index < -0.39 is 12.0 Å². The van der Waals surface area contributed by atoms with Gasteiger partial charge in [-0.15, -0.1) is 0 Å². The minimum absolute atomic E-state index is 0.122. The summed E-state index contributed by atoms with van der Waals surface area (Å²) in [6, 6.07) is 0. The lowest BCUT2D eigenvalue weighted by atomic mass is 9.93. The van der Waals surface area contributed by atoms with Crippen LogP contribution in [-0.2, 0) is 9.59 Å². The van der Waals surface area contributed by atoms with E-state index in [1.165, 1.54) is 12.2 Å². The highest BCUT2D eigenvalue weighted by Gasteiger charge is 2.19. The van der Waals surface area contributed by atoms with Crippen molar-refractivity contribution in [3.8, 4) is 0 Å². The monoisotopic (exact) mass is 181 g/mol. The standard InChI is InChI=1S/C9H11NO3/c10-9(13)4-2-6-1-3-7(11)8(12)5-6/h1-4,6-7,11H,5H2,(H2,10,13). The third-order valence-corrected chi connectivity index (χ3v) is 1.82. The van der Waals surface area contributed by atoms with Crippen LogP contribution < -0.4 is 5.73 Å². The molecule has 0 aromatic heterocycles. The van der Waals surface area contributed by atoms with Crippen molar-refractivity contribution in [3.05, 3.63) is 24.3 Å². The van der Waals surface area contributed by atoms with E-state index in [0.29, 0.717) is 0 Å². The molecule has 2 unspecified atom stereocenters. The molecule has 0 heterocycles. The minimum atomic E-state index is -0.988. The van der Waals surface area contributed by atoms with E-state index in [9.17, 15) is 9.59 Å². The summed E-state index contributed by atoms with van der Waals surface area (Å²) < 4.78 is 0. The number of rotatable bonds is 2. The SMILES string of the molecule is NC(=O)C=CC1C=CC(O)C(=O)C1. The van der Waals surface area contributed by atoms with Gasteiger partial charge in [0.05, 0.1) is 0 Å². The molecule has 1 aliphatic rings. The zero-order valence-electron chi connectivity index (χ0n) is 7.01. The van der Waals surface area contributed by atoms with E-state index in [2.05, 4.69) is 0 Å². The number of aliphatic hydroxyl groups is 1. The quantitative estimate of drug-likeness (QED) is 0.446. The Morgan fingerprint density at radius 3 is 2.85 bits per heavy atom. The fourth-order valence-corrected chi connectivity index (χ4v) is 1.13. The van der Waals surface area contributed by atoms with Crippen LogP contribution in [0.25, 0.3) is 0 Å². The maximum atomic E-state index is 11.0. The van der Waals surface area contributed by atoms with Gasteiger partial charge < -0.3 is 10.8 Å². The molecule has 0 saturated heterocycles. The van der Waals surface area contributed by atoms with Crippen LogP contribution in [0, 0.1) is 5.92 Å². The third kappa shape index (κ3) is 2.83. The zero-order chi connectivity index (χ0) is 9.84. The number of carbonyl (C=O) groups is 2. The molecule has 4 heteroatoms. The van der Waals surface area contributed by atoms with Crippen LogP contribution in [-0.4, -0.2) is 22.9 Å². The van der Waals surface area contributed by atoms with Crippen LogP contribution in [0.3, 0.4) is 0 Å². The average molecular weight is 181 g/mol. The molecule has 0 saturated carbocycles. The number of hydrogen-bond acceptors (Lipinski definition) is 3. The Morgan fingerprint density at radius 2 is 2.31 bits per heavy atom. The summed E-state index contributed by atoms with van der Waals surface area (Å²) >= 11 is 0. The number of carbonyl (C=O) groups excluding carboxylic acids is 2. The predicted octanol–water partition coefficient (Wildman–Crippen LogP) is -0.466. The van der Waals surface area contributed by atoms with Gasteiger partial charge in [-0.3, -0.25) is 9.59 Å². The van der Waals surface area contributed by atoms with Crippen molar-refractivity contribution in [1.29, 1.82) is 0 Å². The lowest BCUT2D eigenvalue weighted by molar-refractivity contribution is -0.125.